The van der Waals surface area contributed by atoms with Gasteiger partial charge in [-0.15, -0.1) is 0 Å². The number of benzene rings is 1. The highest BCUT2D eigenvalue weighted by atomic mass is 16.2. The monoisotopic (exact) mass is 293 g/mol. The Kier molecular flexibility index (Phi) is 4.49. The quantitative estimate of drug-likeness (QED) is 0.851. The van der Waals surface area contributed by atoms with Crippen LogP contribution in [0.5, 0.6) is 0 Å². The maximum Gasteiger partial charge on any atom is 0.269 e. The Morgan fingerprint density at radius 2 is 1.86 bits per heavy atom. The number of nitrogens with one attached hydrogen (secondary N) is 2. The minimum absolute atomic E-state index is 0.145. The Hall–Kier alpha value is -2.62. The largest absolute Gasteiger partial charge is 0.303 e. The average molecular weight is 293 g/mol. The fourth-order valence-electron chi connectivity index (χ4n) is 2.69. The fraction of sp³-hybridized carbons (Fsp3) is 0.222. The van der Waals surface area contributed by atoms with E-state index in [0.717, 1.165) is 25.0 Å². The Balaban J connectivity index is 1.53. The molecule has 0 bridgehead atoms. The van der Waals surface area contributed by atoms with Gasteiger partial charge < -0.3 is 5.43 Å². The number of nitrogens with zero attached hydrogens (tertiary/aromatic N) is 1. The van der Waals surface area contributed by atoms with Gasteiger partial charge in [-0.1, -0.05) is 36.4 Å². The summed E-state index contributed by atoms with van der Waals surface area (Å²) in [5.41, 5.74) is 8.84. The highest BCUT2D eigenvalue weighted by Crippen LogP contribution is 2.30. The first-order valence-corrected chi connectivity index (χ1v) is 7.53. The first kappa shape index (κ1) is 14.3. The number of rotatable bonds is 4. The summed E-state index contributed by atoms with van der Waals surface area (Å²) >= 11 is 0. The van der Waals surface area contributed by atoms with E-state index in [4.69, 9.17) is 0 Å². The van der Waals surface area contributed by atoms with Crippen molar-refractivity contribution in [2.45, 2.75) is 25.2 Å². The molecule has 1 heterocycles. The van der Waals surface area contributed by atoms with Crippen LogP contribution in [-0.4, -0.2) is 10.9 Å². The first-order valence-electron chi connectivity index (χ1n) is 7.53. The third kappa shape index (κ3) is 3.52. The highest BCUT2D eigenvalue weighted by molar-refractivity contribution is 5.93. The SMILES string of the molecule is O=C(NNC1=CCC(c2ccccc2)CC1)c1ccncc1. The van der Waals surface area contributed by atoms with Crippen molar-refractivity contribution in [2.24, 2.45) is 0 Å². The van der Waals surface area contributed by atoms with Crippen LogP contribution in [0.3, 0.4) is 0 Å². The number of allylic oxidation sites excluding steroid dienone is 2. The standard InChI is InChI=1S/C18H19N3O/c22-18(16-10-12-19-13-11-16)21-20-17-8-6-15(7-9-17)14-4-2-1-3-5-14/h1-5,8,10-13,15,20H,6-7,9H2,(H,21,22). The van der Waals surface area contributed by atoms with Crippen LogP contribution in [0.25, 0.3) is 0 Å². The summed E-state index contributed by atoms with van der Waals surface area (Å²) in [5, 5.41) is 0. The lowest BCUT2D eigenvalue weighted by Crippen LogP contribution is -2.37. The van der Waals surface area contributed by atoms with Crippen LogP contribution in [0.1, 0.15) is 41.1 Å². The van der Waals surface area contributed by atoms with Gasteiger partial charge >= 0.3 is 0 Å². The number of carbonyl (C=O) groups is 1. The molecule has 1 aliphatic carbocycles. The highest BCUT2D eigenvalue weighted by Gasteiger charge is 2.16. The van der Waals surface area contributed by atoms with E-state index in [1.807, 2.05) is 6.07 Å². The first-order chi connectivity index (χ1) is 10.8. The van der Waals surface area contributed by atoms with Gasteiger partial charge in [0.2, 0.25) is 0 Å². The van der Waals surface area contributed by atoms with E-state index in [1.54, 1.807) is 24.5 Å². The number of carbonyl (C=O) groups excluding carboxylic acids is 1. The molecule has 1 aromatic heterocycles. The molecule has 1 amide bonds. The number of hydrogen-bond donors (Lipinski definition) is 2. The summed E-state index contributed by atoms with van der Waals surface area (Å²) in [6, 6.07) is 14.0. The van der Waals surface area contributed by atoms with Crippen molar-refractivity contribution >= 4 is 5.91 Å². The van der Waals surface area contributed by atoms with Crippen LogP contribution in [-0.2, 0) is 0 Å². The molecule has 1 unspecified atom stereocenters. The van der Waals surface area contributed by atoms with Crippen molar-refractivity contribution in [1.29, 1.82) is 0 Å². The van der Waals surface area contributed by atoms with E-state index in [9.17, 15) is 4.79 Å². The van der Waals surface area contributed by atoms with Gasteiger partial charge in [0.25, 0.3) is 5.91 Å². The smallest absolute Gasteiger partial charge is 0.269 e. The zero-order chi connectivity index (χ0) is 15.2. The lowest BCUT2D eigenvalue weighted by atomic mass is 9.87. The second kappa shape index (κ2) is 6.89. The van der Waals surface area contributed by atoms with Crippen LogP contribution in [0, 0.1) is 0 Å². The molecule has 2 aromatic rings. The minimum atomic E-state index is -0.145. The molecule has 1 aromatic carbocycles. The molecule has 4 heteroatoms. The van der Waals surface area contributed by atoms with Crippen LogP contribution in [0.4, 0.5) is 0 Å². The number of hydrazine groups is 1. The Labute approximate surface area is 130 Å². The molecule has 0 fully saturated rings. The van der Waals surface area contributed by atoms with Gasteiger partial charge in [0, 0.05) is 23.7 Å². The third-order valence-corrected chi connectivity index (χ3v) is 3.96. The van der Waals surface area contributed by atoms with Crippen molar-refractivity contribution in [3.8, 4) is 0 Å². The van der Waals surface area contributed by atoms with E-state index in [1.165, 1.54) is 5.56 Å². The summed E-state index contributed by atoms with van der Waals surface area (Å²) < 4.78 is 0. The van der Waals surface area contributed by atoms with Crippen LogP contribution >= 0.6 is 0 Å². The van der Waals surface area contributed by atoms with Gasteiger partial charge in [0.15, 0.2) is 0 Å². The molecule has 1 atom stereocenters. The second-order valence-electron chi connectivity index (χ2n) is 5.43. The number of pyridine rings is 1. The van der Waals surface area contributed by atoms with E-state index >= 15 is 0 Å². The Bertz CT molecular complexity index is 653. The minimum Gasteiger partial charge on any atom is -0.303 e. The topological polar surface area (TPSA) is 54.0 Å². The van der Waals surface area contributed by atoms with Crippen molar-refractivity contribution in [1.82, 2.24) is 15.8 Å². The van der Waals surface area contributed by atoms with E-state index in [0.29, 0.717) is 11.5 Å². The predicted octanol–water partition coefficient (Wildman–Crippen LogP) is 3.17. The van der Waals surface area contributed by atoms with E-state index in [2.05, 4.69) is 46.2 Å². The molecule has 0 saturated heterocycles. The molecular weight excluding hydrogens is 274 g/mol. The third-order valence-electron chi connectivity index (χ3n) is 3.96. The fourth-order valence-corrected chi connectivity index (χ4v) is 2.69. The lowest BCUT2D eigenvalue weighted by molar-refractivity contribution is 0.0938. The number of hydrogen-bond acceptors (Lipinski definition) is 3. The molecule has 0 radical (unpaired) electrons. The molecule has 112 valence electrons. The molecule has 0 aliphatic heterocycles. The lowest BCUT2D eigenvalue weighted by Gasteiger charge is -2.23. The molecule has 3 rings (SSSR count). The molecule has 0 spiro atoms. The zero-order valence-corrected chi connectivity index (χ0v) is 12.3. The van der Waals surface area contributed by atoms with Gasteiger partial charge in [0.1, 0.15) is 0 Å². The van der Waals surface area contributed by atoms with Gasteiger partial charge in [-0.25, -0.2) is 0 Å². The van der Waals surface area contributed by atoms with Crippen molar-refractivity contribution in [2.75, 3.05) is 0 Å². The number of amides is 1. The molecule has 2 N–H and O–H groups in total. The van der Waals surface area contributed by atoms with Crippen molar-refractivity contribution in [3.63, 3.8) is 0 Å². The van der Waals surface area contributed by atoms with Gasteiger partial charge in [-0.3, -0.25) is 15.2 Å². The summed E-state index contributed by atoms with van der Waals surface area (Å²) in [7, 11) is 0. The van der Waals surface area contributed by atoms with Gasteiger partial charge in [0.05, 0.1) is 0 Å². The molecular formula is C18H19N3O. The van der Waals surface area contributed by atoms with Gasteiger partial charge in [-0.2, -0.15) is 0 Å². The summed E-state index contributed by atoms with van der Waals surface area (Å²) in [6.45, 7) is 0. The molecule has 1 aliphatic rings. The summed E-state index contributed by atoms with van der Waals surface area (Å²) in [6.07, 6.45) is 8.42. The molecule has 4 nitrogen and oxygen atoms in total. The van der Waals surface area contributed by atoms with Crippen molar-refractivity contribution in [3.05, 3.63) is 77.8 Å². The number of aromatic nitrogens is 1. The van der Waals surface area contributed by atoms with Crippen LogP contribution in [0.2, 0.25) is 0 Å². The summed E-state index contributed by atoms with van der Waals surface area (Å²) in [5.74, 6) is 0.427. The van der Waals surface area contributed by atoms with Gasteiger partial charge in [-0.05, 0) is 42.9 Å². The maximum atomic E-state index is 11.9. The maximum absolute atomic E-state index is 11.9. The Morgan fingerprint density at radius 1 is 1.09 bits per heavy atom. The van der Waals surface area contributed by atoms with Crippen LogP contribution < -0.4 is 10.9 Å². The molecule has 0 saturated carbocycles. The summed E-state index contributed by atoms with van der Waals surface area (Å²) in [4.78, 5) is 15.8. The van der Waals surface area contributed by atoms with E-state index < -0.39 is 0 Å². The van der Waals surface area contributed by atoms with Crippen molar-refractivity contribution < 1.29 is 4.79 Å². The average Bonchev–Trinajstić information content (AvgIpc) is 2.61. The normalized spacial score (nSPS) is 17.5. The Morgan fingerprint density at radius 3 is 2.55 bits per heavy atom. The predicted molar refractivity (Wildman–Crippen MR) is 86.0 cm³/mol. The zero-order valence-electron chi connectivity index (χ0n) is 12.3. The van der Waals surface area contributed by atoms with E-state index in [-0.39, 0.29) is 5.91 Å². The second-order valence-corrected chi connectivity index (χ2v) is 5.43. The van der Waals surface area contributed by atoms with Crippen LogP contribution in [0.15, 0.2) is 66.6 Å². The molecule has 22 heavy (non-hydrogen) atoms.